The molecule has 0 unspecified atom stereocenters. The summed E-state index contributed by atoms with van der Waals surface area (Å²) in [6.07, 6.45) is 0.378. The van der Waals surface area contributed by atoms with Crippen LogP contribution < -0.4 is 4.74 Å². The van der Waals surface area contributed by atoms with Gasteiger partial charge in [0, 0.05) is 19.3 Å². The summed E-state index contributed by atoms with van der Waals surface area (Å²) in [4.78, 5) is 13.0. The monoisotopic (exact) mass is 241 g/mol. The quantitative estimate of drug-likeness (QED) is 0.715. The average molecular weight is 242 g/mol. The summed E-state index contributed by atoms with van der Waals surface area (Å²) < 4.78 is 5.48. The van der Waals surface area contributed by atoms with Crippen molar-refractivity contribution in [1.82, 2.24) is 4.90 Å². The SMILES string of the molecule is CN(CCOc1ccccc1)C(=O)CCCl. The third kappa shape index (κ3) is 4.53. The van der Waals surface area contributed by atoms with Gasteiger partial charge in [-0.1, -0.05) is 18.2 Å². The van der Waals surface area contributed by atoms with Gasteiger partial charge in [0.2, 0.25) is 5.91 Å². The lowest BCUT2D eigenvalue weighted by Gasteiger charge is -2.16. The molecule has 0 saturated heterocycles. The number of para-hydroxylation sites is 1. The standard InChI is InChI=1S/C12H16ClNO2/c1-14(12(15)7-8-13)9-10-16-11-5-3-2-4-6-11/h2-6H,7-10H2,1H3. The molecule has 3 nitrogen and oxygen atoms in total. The molecule has 4 heteroatoms. The van der Waals surface area contributed by atoms with Gasteiger partial charge in [0.15, 0.2) is 0 Å². The molecule has 0 N–H and O–H groups in total. The van der Waals surface area contributed by atoms with Crippen molar-refractivity contribution in [2.24, 2.45) is 0 Å². The molecule has 16 heavy (non-hydrogen) atoms. The number of likely N-dealkylation sites (N-methyl/N-ethyl adjacent to an activating group) is 1. The Hall–Kier alpha value is -1.22. The van der Waals surface area contributed by atoms with Gasteiger partial charge in [-0.25, -0.2) is 0 Å². The van der Waals surface area contributed by atoms with Crippen LogP contribution in [0.3, 0.4) is 0 Å². The molecule has 0 spiro atoms. The Balaban J connectivity index is 2.23. The Morgan fingerprint density at radius 1 is 1.38 bits per heavy atom. The zero-order valence-electron chi connectivity index (χ0n) is 9.36. The van der Waals surface area contributed by atoms with Crippen molar-refractivity contribution in [1.29, 1.82) is 0 Å². The van der Waals surface area contributed by atoms with Crippen LogP contribution in [0.2, 0.25) is 0 Å². The molecule has 0 radical (unpaired) electrons. The average Bonchev–Trinajstić information content (AvgIpc) is 2.30. The summed E-state index contributed by atoms with van der Waals surface area (Å²) in [6.45, 7) is 1.07. The Bertz CT molecular complexity index is 316. The highest BCUT2D eigenvalue weighted by molar-refractivity contribution is 6.18. The number of carbonyl (C=O) groups excluding carboxylic acids is 1. The minimum absolute atomic E-state index is 0.0478. The molecule has 0 atom stereocenters. The van der Waals surface area contributed by atoms with Gasteiger partial charge in [0.05, 0.1) is 6.54 Å². The number of halogens is 1. The Morgan fingerprint density at radius 2 is 2.06 bits per heavy atom. The molecule has 88 valence electrons. The maximum atomic E-state index is 11.4. The molecular formula is C12H16ClNO2. The second kappa shape index (κ2) is 7.12. The molecule has 0 aliphatic rings. The summed E-state index contributed by atoms with van der Waals surface area (Å²) in [6, 6.07) is 9.54. The van der Waals surface area contributed by atoms with Gasteiger partial charge in [-0.05, 0) is 12.1 Å². The van der Waals surface area contributed by atoms with Gasteiger partial charge in [0.25, 0.3) is 0 Å². The van der Waals surface area contributed by atoms with E-state index in [1.807, 2.05) is 30.3 Å². The summed E-state index contributed by atoms with van der Waals surface area (Å²) in [5.41, 5.74) is 0. The molecule has 0 aromatic heterocycles. The number of hydrogen-bond donors (Lipinski definition) is 0. The van der Waals surface area contributed by atoms with Gasteiger partial charge in [0.1, 0.15) is 12.4 Å². The summed E-state index contributed by atoms with van der Waals surface area (Å²) in [5, 5.41) is 0. The molecule has 0 aliphatic heterocycles. The highest BCUT2D eigenvalue weighted by Crippen LogP contribution is 2.07. The van der Waals surface area contributed by atoms with Crippen molar-refractivity contribution in [2.75, 3.05) is 26.1 Å². The van der Waals surface area contributed by atoms with E-state index in [1.165, 1.54) is 0 Å². The van der Waals surface area contributed by atoms with Crippen molar-refractivity contribution in [3.63, 3.8) is 0 Å². The second-order valence-electron chi connectivity index (χ2n) is 3.42. The van der Waals surface area contributed by atoms with E-state index in [1.54, 1.807) is 11.9 Å². The number of amides is 1. The smallest absolute Gasteiger partial charge is 0.223 e. The summed E-state index contributed by atoms with van der Waals surface area (Å²) >= 11 is 5.49. The number of nitrogens with zero attached hydrogens (tertiary/aromatic N) is 1. The molecule has 0 fully saturated rings. The number of benzene rings is 1. The van der Waals surface area contributed by atoms with Crippen LogP contribution in [0.1, 0.15) is 6.42 Å². The van der Waals surface area contributed by atoms with Gasteiger partial charge >= 0.3 is 0 Å². The van der Waals surface area contributed by atoms with Crippen LogP contribution >= 0.6 is 11.6 Å². The Morgan fingerprint density at radius 3 is 2.69 bits per heavy atom. The number of hydrogen-bond acceptors (Lipinski definition) is 2. The van der Waals surface area contributed by atoms with E-state index in [9.17, 15) is 4.79 Å². The first-order chi connectivity index (χ1) is 7.74. The van der Waals surface area contributed by atoms with Crippen LogP contribution in [0, 0.1) is 0 Å². The van der Waals surface area contributed by atoms with Gasteiger partial charge in [-0.15, -0.1) is 11.6 Å². The van der Waals surface area contributed by atoms with Crippen molar-refractivity contribution in [2.45, 2.75) is 6.42 Å². The fourth-order valence-corrected chi connectivity index (χ4v) is 1.38. The first-order valence-corrected chi connectivity index (χ1v) is 5.75. The van der Waals surface area contributed by atoms with Crippen LogP contribution in [-0.2, 0) is 4.79 Å². The summed E-state index contributed by atoms with van der Waals surface area (Å²) in [7, 11) is 1.75. The normalized spacial score (nSPS) is 9.88. The Labute approximate surface area is 101 Å². The first kappa shape index (κ1) is 12.8. The third-order valence-electron chi connectivity index (χ3n) is 2.17. The van der Waals surface area contributed by atoms with Crippen LogP contribution in [0.15, 0.2) is 30.3 Å². The van der Waals surface area contributed by atoms with Crippen molar-refractivity contribution >= 4 is 17.5 Å². The molecule has 0 saturated carbocycles. The van der Waals surface area contributed by atoms with E-state index in [-0.39, 0.29) is 5.91 Å². The second-order valence-corrected chi connectivity index (χ2v) is 3.79. The Kier molecular flexibility index (Phi) is 5.72. The van der Waals surface area contributed by atoms with Gasteiger partial charge in [-0.3, -0.25) is 4.79 Å². The van der Waals surface area contributed by atoms with Crippen molar-refractivity contribution in [3.8, 4) is 5.75 Å². The molecule has 0 heterocycles. The zero-order chi connectivity index (χ0) is 11.8. The number of rotatable bonds is 6. The van der Waals surface area contributed by atoms with E-state index in [0.29, 0.717) is 25.5 Å². The third-order valence-corrected chi connectivity index (χ3v) is 2.36. The van der Waals surface area contributed by atoms with E-state index < -0.39 is 0 Å². The number of carbonyl (C=O) groups is 1. The molecule has 1 aromatic carbocycles. The lowest BCUT2D eigenvalue weighted by Crippen LogP contribution is -2.30. The maximum absolute atomic E-state index is 11.4. The van der Waals surface area contributed by atoms with Crippen molar-refractivity contribution in [3.05, 3.63) is 30.3 Å². The highest BCUT2D eigenvalue weighted by Gasteiger charge is 2.06. The molecule has 0 bridgehead atoms. The van der Waals surface area contributed by atoms with Gasteiger partial charge < -0.3 is 9.64 Å². The fourth-order valence-electron chi connectivity index (χ4n) is 1.21. The molecule has 1 rings (SSSR count). The summed E-state index contributed by atoms with van der Waals surface area (Å²) in [5.74, 6) is 1.23. The molecular weight excluding hydrogens is 226 g/mol. The van der Waals surface area contributed by atoms with E-state index in [4.69, 9.17) is 16.3 Å². The predicted molar refractivity (Wildman–Crippen MR) is 64.9 cm³/mol. The van der Waals surface area contributed by atoms with E-state index in [2.05, 4.69) is 0 Å². The fraction of sp³-hybridized carbons (Fsp3) is 0.417. The van der Waals surface area contributed by atoms with Gasteiger partial charge in [-0.2, -0.15) is 0 Å². The minimum Gasteiger partial charge on any atom is -0.492 e. The van der Waals surface area contributed by atoms with Crippen LogP contribution in [-0.4, -0.2) is 36.9 Å². The lowest BCUT2D eigenvalue weighted by molar-refractivity contribution is -0.129. The molecule has 1 amide bonds. The number of ether oxygens (including phenoxy) is 1. The lowest BCUT2D eigenvalue weighted by atomic mass is 10.3. The maximum Gasteiger partial charge on any atom is 0.223 e. The topological polar surface area (TPSA) is 29.5 Å². The van der Waals surface area contributed by atoms with E-state index >= 15 is 0 Å². The van der Waals surface area contributed by atoms with Crippen LogP contribution in [0.25, 0.3) is 0 Å². The molecule has 1 aromatic rings. The first-order valence-electron chi connectivity index (χ1n) is 5.22. The molecule has 0 aliphatic carbocycles. The largest absolute Gasteiger partial charge is 0.492 e. The predicted octanol–water partition coefficient (Wildman–Crippen LogP) is 2.15. The minimum atomic E-state index is 0.0478. The zero-order valence-corrected chi connectivity index (χ0v) is 10.1. The number of alkyl halides is 1. The van der Waals surface area contributed by atoms with Crippen LogP contribution in [0.4, 0.5) is 0 Å². The van der Waals surface area contributed by atoms with E-state index in [0.717, 1.165) is 5.75 Å². The van der Waals surface area contributed by atoms with Crippen molar-refractivity contribution < 1.29 is 9.53 Å². The van der Waals surface area contributed by atoms with Crippen LogP contribution in [0.5, 0.6) is 5.75 Å². The highest BCUT2D eigenvalue weighted by atomic mass is 35.5.